The molecular formula is C18H29N2O3S+. The molecule has 134 valence electrons. The van der Waals surface area contributed by atoms with Gasteiger partial charge in [-0.3, -0.25) is 4.79 Å². The van der Waals surface area contributed by atoms with Gasteiger partial charge in [-0.2, -0.15) is 0 Å². The van der Waals surface area contributed by atoms with E-state index in [0.717, 1.165) is 37.9 Å². The van der Waals surface area contributed by atoms with E-state index in [-0.39, 0.29) is 11.9 Å². The Morgan fingerprint density at radius 2 is 2.00 bits per heavy atom. The maximum Gasteiger partial charge on any atom is 0.341 e. The van der Waals surface area contributed by atoms with Crippen molar-refractivity contribution >= 4 is 28.2 Å². The minimum atomic E-state index is -0.310. The molecule has 6 heteroatoms. The van der Waals surface area contributed by atoms with Gasteiger partial charge in [0.2, 0.25) is 0 Å². The molecule has 1 atom stereocenters. The van der Waals surface area contributed by atoms with Crippen molar-refractivity contribution in [2.45, 2.75) is 47.0 Å². The molecule has 1 aromatic heterocycles. The molecule has 0 saturated carbocycles. The van der Waals surface area contributed by atoms with Gasteiger partial charge in [0.15, 0.2) is 6.54 Å². The van der Waals surface area contributed by atoms with Crippen molar-refractivity contribution in [3.63, 3.8) is 0 Å². The number of hydrogen-bond donors (Lipinski definition) is 2. The summed E-state index contributed by atoms with van der Waals surface area (Å²) >= 11 is 1.55. The van der Waals surface area contributed by atoms with Crippen LogP contribution in [0.1, 0.15) is 54.9 Å². The highest BCUT2D eigenvalue weighted by Gasteiger charge is 2.29. The van der Waals surface area contributed by atoms with Gasteiger partial charge >= 0.3 is 5.97 Å². The predicted octanol–water partition coefficient (Wildman–Crippen LogP) is 1.91. The van der Waals surface area contributed by atoms with Crippen LogP contribution < -0.4 is 10.2 Å². The number of carbonyl (C=O) groups excluding carboxylic acids is 2. The van der Waals surface area contributed by atoms with Gasteiger partial charge in [0, 0.05) is 4.88 Å². The number of amides is 1. The molecule has 1 amide bonds. The Labute approximate surface area is 148 Å². The van der Waals surface area contributed by atoms with E-state index in [4.69, 9.17) is 4.74 Å². The summed E-state index contributed by atoms with van der Waals surface area (Å²) in [5.41, 5.74) is 1.67. The lowest BCUT2D eigenvalue weighted by Gasteiger charge is -2.18. The number of fused-ring (bicyclic) bond motifs is 1. The van der Waals surface area contributed by atoms with Gasteiger partial charge in [-0.05, 0) is 51.5 Å². The molecule has 24 heavy (non-hydrogen) atoms. The molecule has 2 rings (SSSR count). The van der Waals surface area contributed by atoms with Gasteiger partial charge in [0.05, 0.1) is 25.3 Å². The third kappa shape index (κ3) is 4.36. The Morgan fingerprint density at radius 3 is 2.62 bits per heavy atom. The fourth-order valence-electron chi connectivity index (χ4n) is 3.16. The first kappa shape index (κ1) is 18.9. The number of rotatable bonds is 7. The fraction of sp³-hybridized carbons (Fsp3) is 0.667. The lowest BCUT2D eigenvalue weighted by atomic mass is 9.88. The van der Waals surface area contributed by atoms with E-state index >= 15 is 0 Å². The van der Waals surface area contributed by atoms with Gasteiger partial charge in [0.1, 0.15) is 5.00 Å². The molecule has 0 bridgehead atoms. The summed E-state index contributed by atoms with van der Waals surface area (Å²) in [6.45, 7) is 10.8. The zero-order chi connectivity index (χ0) is 17.7. The number of likely N-dealkylation sites (N-methyl/N-ethyl adjacent to an activating group) is 1. The first-order valence-corrected chi connectivity index (χ1v) is 9.76. The summed E-state index contributed by atoms with van der Waals surface area (Å²) in [7, 11) is 0. The number of hydrogen-bond acceptors (Lipinski definition) is 4. The smallest absolute Gasteiger partial charge is 0.341 e. The van der Waals surface area contributed by atoms with Crippen LogP contribution in [-0.4, -0.2) is 38.1 Å². The van der Waals surface area contributed by atoms with Crippen LogP contribution in [0.2, 0.25) is 0 Å². The third-order valence-corrected chi connectivity index (χ3v) is 5.82. The van der Waals surface area contributed by atoms with Crippen LogP contribution in [0.5, 0.6) is 0 Å². The van der Waals surface area contributed by atoms with E-state index < -0.39 is 0 Å². The third-order valence-electron chi connectivity index (χ3n) is 4.65. The molecule has 0 aliphatic heterocycles. The SMILES string of the molecule is CCOC(=O)c1c(NC(=O)C[NH+](CC)CC)sc2c1CCC(C)C2. The monoisotopic (exact) mass is 353 g/mol. The van der Waals surface area contributed by atoms with Gasteiger partial charge in [0.25, 0.3) is 5.91 Å². The first-order chi connectivity index (χ1) is 11.5. The van der Waals surface area contributed by atoms with E-state index in [2.05, 4.69) is 26.1 Å². The predicted molar refractivity (Wildman–Crippen MR) is 97.0 cm³/mol. The maximum absolute atomic E-state index is 12.4. The van der Waals surface area contributed by atoms with Crippen molar-refractivity contribution in [3.8, 4) is 0 Å². The lowest BCUT2D eigenvalue weighted by molar-refractivity contribution is -0.888. The topological polar surface area (TPSA) is 59.8 Å². The van der Waals surface area contributed by atoms with Crippen LogP contribution in [0.15, 0.2) is 0 Å². The molecule has 0 saturated heterocycles. The Balaban J connectivity index is 2.24. The number of anilines is 1. The van der Waals surface area contributed by atoms with Crippen LogP contribution >= 0.6 is 11.3 Å². The fourth-order valence-corrected chi connectivity index (χ4v) is 4.57. The van der Waals surface area contributed by atoms with Gasteiger partial charge in [-0.25, -0.2) is 4.79 Å². The number of quaternary nitrogens is 1. The Kier molecular flexibility index (Phi) is 6.80. The summed E-state index contributed by atoms with van der Waals surface area (Å²) < 4.78 is 5.24. The Morgan fingerprint density at radius 1 is 1.29 bits per heavy atom. The van der Waals surface area contributed by atoms with Gasteiger partial charge in [-0.1, -0.05) is 6.92 Å². The highest BCUT2D eigenvalue weighted by molar-refractivity contribution is 7.17. The molecule has 2 N–H and O–H groups in total. The number of thiophene rings is 1. The molecule has 1 aliphatic rings. The van der Waals surface area contributed by atoms with Crippen molar-refractivity contribution in [1.82, 2.24) is 0 Å². The van der Waals surface area contributed by atoms with Crippen LogP contribution in [0, 0.1) is 5.92 Å². The molecule has 5 nitrogen and oxygen atoms in total. The summed E-state index contributed by atoms with van der Waals surface area (Å²) in [4.78, 5) is 27.2. The minimum Gasteiger partial charge on any atom is -0.462 e. The molecule has 1 aliphatic carbocycles. The van der Waals surface area contributed by atoms with Crippen LogP contribution in [0.3, 0.4) is 0 Å². The van der Waals surface area contributed by atoms with E-state index in [0.29, 0.717) is 29.6 Å². The molecular weight excluding hydrogens is 324 g/mol. The molecule has 0 fully saturated rings. The van der Waals surface area contributed by atoms with Crippen LogP contribution in [-0.2, 0) is 22.4 Å². The number of carbonyl (C=O) groups is 2. The molecule has 1 heterocycles. The van der Waals surface area contributed by atoms with Crippen LogP contribution in [0.4, 0.5) is 5.00 Å². The quantitative estimate of drug-likeness (QED) is 0.736. The molecule has 0 radical (unpaired) electrons. The normalized spacial score (nSPS) is 16.8. The molecule has 1 unspecified atom stereocenters. The highest BCUT2D eigenvalue weighted by atomic mass is 32.1. The zero-order valence-corrected chi connectivity index (χ0v) is 16.0. The Hall–Kier alpha value is -1.40. The van der Waals surface area contributed by atoms with E-state index in [1.54, 1.807) is 18.3 Å². The van der Waals surface area contributed by atoms with Crippen molar-refractivity contribution in [3.05, 3.63) is 16.0 Å². The van der Waals surface area contributed by atoms with Gasteiger partial charge < -0.3 is 15.0 Å². The highest BCUT2D eigenvalue weighted by Crippen LogP contribution is 2.40. The second kappa shape index (κ2) is 8.62. The minimum absolute atomic E-state index is 0.0362. The number of nitrogens with one attached hydrogen (secondary N) is 2. The second-order valence-corrected chi connectivity index (χ2v) is 7.56. The van der Waals surface area contributed by atoms with Crippen molar-refractivity contribution in [2.75, 3.05) is 31.6 Å². The average molecular weight is 354 g/mol. The van der Waals surface area contributed by atoms with E-state index in [1.165, 1.54) is 9.78 Å². The lowest BCUT2D eigenvalue weighted by Crippen LogP contribution is -3.12. The van der Waals surface area contributed by atoms with Gasteiger partial charge in [-0.15, -0.1) is 11.3 Å². The van der Waals surface area contributed by atoms with Crippen molar-refractivity contribution < 1.29 is 19.2 Å². The summed E-state index contributed by atoms with van der Waals surface area (Å²) in [5.74, 6) is 0.274. The van der Waals surface area contributed by atoms with Crippen molar-refractivity contribution in [1.29, 1.82) is 0 Å². The average Bonchev–Trinajstić information content (AvgIpc) is 2.89. The standard InChI is InChI=1S/C18H28N2O3S/c1-5-20(6-2)11-15(21)19-17-16(18(22)23-7-3)13-9-8-12(4)10-14(13)24-17/h12H,5-11H2,1-4H3,(H,19,21)/p+1. The maximum atomic E-state index is 12.4. The summed E-state index contributed by atoms with van der Waals surface area (Å²) in [6, 6.07) is 0. The number of esters is 1. The van der Waals surface area contributed by atoms with Crippen LogP contribution in [0.25, 0.3) is 0 Å². The molecule has 0 spiro atoms. The zero-order valence-electron chi connectivity index (χ0n) is 15.2. The first-order valence-electron chi connectivity index (χ1n) is 8.95. The molecule has 0 aromatic carbocycles. The largest absolute Gasteiger partial charge is 0.462 e. The summed E-state index contributed by atoms with van der Waals surface area (Å²) in [5, 5.41) is 3.65. The van der Waals surface area contributed by atoms with E-state index in [1.807, 2.05) is 0 Å². The van der Waals surface area contributed by atoms with Crippen molar-refractivity contribution in [2.24, 2.45) is 5.92 Å². The Bertz CT molecular complexity index is 593. The van der Waals surface area contributed by atoms with E-state index in [9.17, 15) is 9.59 Å². The second-order valence-electron chi connectivity index (χ2n) is 6.46. The number of ether oxygens (including phenoxy) is 1. The molecule has 1 aromatic rings. The summed E-state index contributed by atoms with van der Waals surface area (Å²) in [6.07, 6.45) is 2.94.